The van der Waals surface area contributed by atoms with Crippen molar-refractivity contribution in [2.45, 2.75) is 104 Å². The third kappa shape index (κ3) is 8.76. The molecule has 0 radical (unpaired) electrons. The van der Waals surface area contributed by atoms with Crippen LogP contribution in [-0.4, -0.2) is 25.8 Å². The Morgan fingerprint density at radius 2 is 0.971 bits per heavy atom. The zero-order chi connectivity index (χ0) is 25.6. The fourth-order valence-electron chi connectivity index (χ4n) is 4.31. The fourth-order valence-corrected chi connectivity index (χ4v) is 4.31. The molecule has 0 fully saturated rings. The Bertz CT molecular complexity index is 668. The fraction of sp³-hybridized carbons (Fsp3) is 0.769. The summed E-state index contributed by atoms with van der Waals surface area (Å²) >= 11 is 0. The quantitative estimate of drug-likeness (QED) is 0.0635. The molecule has 0 aliphatic carbocycles. The molecular formula is C26H41F5O3. The molecule has 0 N–H and O–H groups in total. The predicted molar refractivity (Wildman–Crippen MR) is 123 cm³/mol. The molecule has 0 saturated heterocycles. The Morgan fingerprint density at radius 1 is 0.559 bits per heavy atom. The Hall–Kier alpha value is -1.25. The van der Waals surface area contributed by atoms with Crippen LogP contribution in [-0.2, 0) is 20.6 Å². The van der Waals surface area contributed by atoms with Gasteiger partial charge in [-0.15, -0.1) is 0 Å². The van der Waals surface area contributed by atoms with Crippen LogP contribution in [0.4, 0.5) is 22.0 Å². The van der Waals surface area contributed by atoms with Gasteiger partial charge in [0.25, 0.3) is 5.97 Å². The highest BCUT2D eigenvalue weighted by atomic mass is 19.2. The van der Waals surface area contributed by atoms with Gasteiger partial charge in [0.05, 0.1) is 0 Å². The van der Waals surface area contributed by atoms with Crippen LogP contribution in [0, 0.1) is 35.0 Å². The van der Waals surface area contributed by atoms with Crippen molar-refractivity contribution < 1.29 is 36.2 Å². The zero-order valence-electron chi connectivity index (χ0n) is 21.1. The van der Waals surface area contributed by atoms with E-state index in [-0.39, 0.29) is 18.8 Å². The maximum Gasteiger partial charge on any atom is 0.285 e. The van der Waals surface area contributed by atoms with Crippen molar-refractivity contribution in [3.05, 3.63) is 34.6 Å². The molecule has 0 heterocycles. The first-order chi connectivity index (χ1) is 16.3. The van der Waals surface area contributed by atoms with E-state index in [9.17, 15) is 22.0 Å². The second kappa shape index (κ2) is 16.4. The van der Waals surface area contributed by atoms with Crippen LogP contribution < -0.4 is 0 Å². The highest BCUT2D eigenvalue weighted by Crippen LogP contribution is 2.35. The predicted octanol–water partition coefficient (Wildman–Crippen LogP) is 8.23. The molecule has 1 unspecified atom stereocenters. The summed E-state index contributed by atoms with van der Waals surface area (Å²) in [6, 6.07) is 0. The minimum absolute atomic E-state index is 0.130. The van der Waals surface area contributed by atoms with Crippen molar-refractivity contribution in [2.24, 2.45) is 5.92 Å². The molecule has 0 aliphatic heterocycles. The Morgan fingerprint density at radius 3 is 1.44 bits per heavy atom. The van der Waals surface area contributed by atoms with Crippen LogP contribution in [0.2, 0.25) is 0 Å². The largest absolute Gasteiger partial charge is 0.328 e. The van der Waals surface area contributed by atoms with Crippen molar-refractivity contribution in [1.29, 1.82) is 0 Å². The monoisotopic (exact) mass is 496 g/mol. The average molecular weight is 497 g/mol. The first-order valence-corrected chi connectivity index (χ1v) is 12.7. The third-order valence-electron chi connectivity index (χ3n) is 5.97. The minimum Gasteiger partial charge on any atom is -0.328 e. The molecule has 0 bridgehead atoms. The Balaban J connectivity index is 2.88. The molecule has 0 spiro atoms. The van der Waals surface area contributed by atoms with Gasteiger partial charge in [-0.3, -0.25) is 0 Å². The molecule has 1 atom stereocenters. The lowest BCUT2D eigenvalue weighted by Crippen LogP contribution is -2.46. The normalized spacial score (nSPS) is 13.0. The summed E-state index contributed by atoms with van der Waals surface area (Å²) in [6.07, 6.45) is 8.61. The highest BCUT2D eigenvalue weighted by Gasteiger charge is 2.41. The van der Waals surface area contributed by atoms with E-state index in [1.807, 2.05) is 20.8 Å². The molecule has 0 aliphatic rings. The van der Waals surface area contributed by atoms with Crippen LogP contribution in [0.25, 0.3) is 0 Å². The van der Waals surface area contributed by atoms with Gasteiger partial charge in [-0.25, -0.2) is 22.0 Å². The lowest BCUT2D eigenvalue weighted by atomic mass is 9.91. The summed E-state index contributed by atoms with van der Waals surface area (Å²) in [5.41, 5.74) is -0.769. The van der Waals surface area contributed by atoms with E-state index >= 15 is 0 Å². The molecular weight excluding hydrogens is 455 g/mol. The van der Waals surface area contributed by atoms with Crippen LogP contribution in [0.3, 0.4) is 0 Å². The van der Waals surface area contributed by atoms with Gasteiger partial charge >= 0.3 is 0 Å². The summed E-state index contributed by atoms with van der Waals surface area (Å²) in [5.74, 6) is -10.8. The van der Waals surface area contributed by atoms with E-state index in [0.717, 1.165) is 25.7 Å². The second-order valence-electron chi connectivity index (χ2n) is 8.45. The summed E-state index contributed by atoms with van der Waals surface area (Å²) in [6.45, 7) is 8.91. The lowest BCUT2D eigenvalue weighted by molar-refractivity contribution is -0.403. The number of ether oxygens (including phenoxy) is 3. The molecule has 0 amide bonds. The lowest BCUT2D eigenvalue weighted by Gasteiger charge is -2.39. The standard InChI is InChI=1S/C26H41F5O3/c1-5-9-10-11-12-13-16-19(26(32-6-2,33-7-3)34-8-4)17-14-15-18-20-21(27)23(29)25(31)24(30)22(20)28/h19H,5-18H2,1-4H3. The molecule has 1 aromatic rings. The molecule has 0 aromatic heterocycles. The number of hydrogen-bond acceptors (Lipinski definition) is 3. The average Bonchev–Trinajstić information content (AvgIpc) is 2.82. The molecule has 1 rings (SSSR count). The third-order valence-corrected chi connectivity index (χ3v) is 5.97. The van der Waals surface area contributed by atoms with Crippen LogP contribution in [0.15, 0.2) is 0 Å². The molecule has 8 heteroatoms. The Labute approximate surface area is 201 Å². The maximum atomic E-state index is 14.0. The molecule has 3 nitrogen and oxygen atoms in total. The van der Waals surface area contributed by atoms with Gasteiger partial charge in [-0.05, 0) is 46.5 Å². The van der Waals surface area contributed by atoms with Gasteiger partial charge in [0, 0.05) is 31.3 Å². The van der Waals surface area contributed by atoms with Gasteiger partial charge in [0.15, 0.2) is 23.3 Å². The van der Waals surface area contributed by atoms with E-state index in [4.69, 9.17) is 14.2 Å². The van der Waals surface area contributed by atoms with Crippen LogP contribution >= 0.6 is 0 Å². The van der Waals surface area contributed by atoms with Crippen LogP contribution in [0.5, 0.6) is 0 Å². The van der Waals surface area contributed by atoms with Crippen molar-refractivity contribution in [1.82, 2.24) is 0 Å². The van der Waals surface area contributed by atoms with E-state index in [2.05, 4.69) is 6.92 Å². The molecule has 198 valence electrons. The van der Waals surface area contributed by atoms with E-state index in [1.165, 1.54) is 19.3 Å². The number of unbranched alkanes of at least 4 members (excludes halogenated alkanes) is 6. The summed E-state index contributed by atoms with van der Waals surface area (Å²) in [7, 11) is 0. The summed E-state index contributed by atoms with van der Waals surface area (Å²) < 4.78 is 86.1. The number of rotatable bonds is 19. The van der Waals surface area contributed by atoms with E-state index in [0.29, 0.717) is 32.7 Å². The highest BCUT2D eigenvalue weighted by molar-refractivity contribution is 5.24. The first kappa shape index (κ1) is 30.8. The summed E-state index contributed by atoms with van der Waals surface area (Å²) in [4.78, 5) is 0. The number of hydrogen-bond donors (Lipinski definition) is 0. The molecule has 0 saturated carbocycles. The van der Waals surface area contributed by atoms with Gasteiger partial charge in [0.1, 0.15) is 0 Å². The SMILES string of the molecule is CCCCCCCCC(CCCCc1c(F)c(F)c(F)c(F)c1F)C(OCC)(OCC)OCC. The maximum absolute atomic E-state index is 14.0. The molecule has 34 heavy (non-hydrogen) atoms. The van der Waals surface area contributed by atoms with Crippen molar-refractivity contribution >= 4 is 0 Å². The number of halogens is 5. The van der Waals surface area contributed by atoms with Gasteiger partial charge in [0.2, 0.25) is 5.82 Å². The van der Waals surface area contributed by atoms with Crippen molar-refractivity contribution in [2.75, 3.05) is 19.8 Å². The first-order valence-electron chi connectivity index (χ1n) is 12.7. The Kier molecular flexibility index (Phi) is 14.9. The van der Waals surface area contributed by atoms with Crippen molar-refractivity contribution in [3.63, 3.8) is 0 Å². The zero-order valence-corrected chi connectivity index (χ0v) is 21.1. The minimum atomic E-state index is -2.13. The number of benzene rings is 1. The van der Waals surface area contributed by atoms with Crippen molar-refractivity contribution in [3.8, 4) is 0 Å². The smallest absolute Gasteiger partial charge is 0.285 e. The molecule has 1 aromatic carbocycles. The van der Waals surface area contributed by atoms with E-state index in [1.54, 1.807) is 0 Å². The second-order valence-corrected chi connectivity index (χ2v) is 8.45. The topological polar surface area (TPSA) is 27.7 Å². The summed E-state index contributed by atoms with van der Waals surface area (Å²) in [5, 5.41) is 0. The van der Waals surface area contributed by atoms with Gasteiger partial charge < -0.3 is 14.2 Å². The van der Waals surface area contributed by atoms with Gasteiger partial charge in [-0.2, -0.15) is 0 Å². The van der Waals surface area contributed by atoms with E-state index < -0.39 is 40.6 Å². The van der Waals surface area contributed by atoms with Crippen LogP contribution in [0.1, 0.15) is 97.5 Å². The van der Waals surface area contributed by atoms with Gasteiger partial charge in [-0.1, -0.05) is 51.9 Å².